The number of hydrogen-bond acceptors (Lipinski definition) is 5. The van der Waals surface area contributed by atoms with Crippen molar-refractivity contribution in [3.63, 3.8) is 0 Å². The molecule has 0 unspecified atom stereocenters. The maximum Gasteiger partial charge on any atom is 0.243 e. The molecule has 3 aromatic rings. The van der Waals surface area contributed by atoms with Gasteiger partial charge in [0, 0.05) is 0 Å². The van der Waals surface area contributed by atoms with Gasteiger partial charge in [0.15, 0.2) is 0 Å². The molecule has 0 fully saturated rings. The van der Waals surface area contributed by atoms with Crippen LogP contribution in [0.1, 0.15) is 0 Å². The van der Waals surface area contributed by atoms with Crippen molar-refractivity contribution in [1.82, 2.24) is 0 Å². The number of ether oxygens (including phenoxy) is 3. The Labute approximate surface area is 170 Å². The van der Waals surface area contributed by atoms with Crippen LogP contribution in [0.3, 0.4) is 0 Å². The van der Waals surface area contributed by atoms with E-state index < -0.39 is 0 Å². The Morgan fingerprint density at radius 2 is 1.38 bits per heavy atom. The zero-order valence-electron chi connectivity index (χ0n) is 16.3. The standard InChI is InChI=1S/C23H24N2O4/c1-27-21-13-7-6-12-20(21)25-23(26)17-24-19-11-5-8-14-22(19)29-16-15-28-18-9-3-2-4-10-18/h2-14,24H,15-17H2,1H3,(H,25,26). The Balaban J connectivity index is 1.49. The topological polar surface area (TPSA) is 68.8 Å². The van der Waals surface area contributed by atoms with Gasteiger partial charge in [-0.15, -0.1) is 0 Å². The molecule has 0 atom stereocenters. The summed E-state index contributed by atoms with van der Waals surface area (Å²) in [6, 6.07) is 24.3. The van der Waals surface area contributed by atoms with Gasteiger partial charge in [0.05, 0.1) is 25.0 Å². The largest absolute Gasteiger partial charge is 0.495 e. The van der Waals surface area contributed by atoms with Crippen LogP contribution in [0.4, 0.5) is 11.4 Å². The molecule has 6 heteroatoms. The van der Waals surface area contributed by atoms with E-state index in [-0.39, 0.29) is 12.5 Å². The molecule has 0 aliphatic heterocycles. The molecular formula is C23H24N2O4. The first-order valence-corrected chi connectivity index (χ1v) is 9.32. The van der Waals surface area contributed by atoms with Crippen LogP contribution in [0.5, 0.6) is 17.2 Å². The Morgan fingerprint density at radius 3 is 2.14 bits per heavy atom. The molecular weight excluding hydrogens is 368 g/mol. The van der Waals surface area contributed by atoms with E-state index in [9.17, 15) is 4.79 Å². The third-order valence-corrected chi connectivity index (χ3v) is 4.06. The van der Waals surface area contributed by atoms with Gasteiger partial charge < -0.3 is 24.8 Å². The first-order chi connectivity index (χ1) is 14.3. The van der Waals surface area contributed by atoms with Crippen molar-refractivity contribution in [3.8, 4) is 17.2 Å². The van der Waals surface area contributed by atoms with E-state index in [4.69, 9.17) is 14.2 Å². The number of rotatable bonds is 10. The van der Waals surface area contributed by atoms with Crippen LogP contribution >= 0.6 is 0 Å². The average molecular weight is 392 g/mol. The first-order valence-electron chi connectivity index (χ1n) is 9.32. The number of carbonyl (C=O) groups excluding carboxylic acids is 1. The number of hydrogen-bond donors (Lipinski definition) is 2. The van der Waals surface area contributed by atoms with Gasteiger partial charge in [-0.25, -0.2) is 0 Å². The molecule has 0 saturated carbocycles. The molecule has 1 amide bonds. The second-order valence-electron chi connectivity index (χ2n) is 6.11. The molecule has 0 bridgehead atoms. The predicted octanol–water partition coefficient (Wildman–Crippen LogP) is 4.20. The SMILES string of the molecule is COc1ccccc1NC(=O)CNc1ccccc1OCCOc1ccccc1. The minimum atomic E-state index is -0.184. The quantitative estimate of drug-likeness (QED) is 0.506. The number of nitrogens with one attached hydrogen (secondary N) is 2. The maximum atomic E-state index is 12.3. The van der Waals surface area contributed by atoms with Crippen LogP contribution in [0.15, 0.2) is 78.9 Å². The predicted molar refractivity (Wildman–Crippen MR) is 114 cm³/mol. The van der Waals surface area contributed by atoms with Crippen molar-refractivity contribution in [2.75, 3.05) is 37.5 Å². The molecule has 0 radical (unpaired) electrons. The van der Waals surface area contributed by atoms with E-state index in [0.29, 0.717) is 30.4 Å². The average Bonchev–Trinajstić information content (AvgIpc) is 2.77. The van der Waals surface area contributed by atoms with Crippen LogP contribution in [-0.2, 0) is 4.79 Å². The number of benzene rings is 3. The van der Waals surface area contributed by atoms with Crippen LogP contribution in [0.2, 0.25) is 0 Å². The summed E-state index contributed by atoms with van der Waals surface area (Å²) in [6.45, 7) is 0.909. The van der Waals surface area contributed by atoms with Gasteiger partial charge in [-0.05, 0) is 36.4 Å². The highest BCUT2D eigenvalue weighted by Gasteiger charge is 2.09. The fourth-order valence-corrected chi connectivity index (χ4v) is 2.68. The van der Waals surface area contributed by atoms with Crippen LogP contribution in [-0.4, -0.2) is 32.8 Å². The lowest BCUT2D eigenvalue weighted by Crippen LogP contribution is -2.22. The molecule has 0 aliphatic rings. The Kier molecular flexibility index (Phi) is 7.34. The second-order valence-corrected chi connectivity index (χ2v) is 6.11. The lowest BCUT2D eigenvalue weighted by molar-refractivity contribution is -0.114. The van der Waals surface area contributed by atoms with Gasteiger partial charge in [-0.2, -0.15) is 0 Å². The van der Waals surface area contributed by atoms with Crippen LogP contribution in [0, 0.1) is 0 Å². The van der Waals surface area contributed by atoms with Crippen molar-refractivity contribution >= 4 is 17.3 Å². The summed E-state index contributed by atoms with van der Waals surface area (Å²) in [4.78, 5) is 12.3. The number of methoxy groups -OCH3 is 1. The van der Waals surface area contributed by atoms with E-state index in [1.165, 1.54) is 0 Å². The zero-order valence-corrected chi connectivity index (χ0v) is 16.3. The molecule has 29 heavy (non-hydrogen) atoms. The smallest absolute Gasteiger partial charge is 0.243 e. The van der Waals surface area contributed by atoms with Crippen molar-refractivity contribution in [1.29, 1.82) is 0 Å². The van der Waals surface area contributed by atoms with E-state index in [1.54, 1.807) is 19.2 Å². The van der Waals surface area contributed by atoms with E-state index in [2.05, 4.69) is 10.6 Å². The minimum Gasteiger partial charge on any atom is -0.495 e. The summed E-state index contributed by atoms with van der Waals surface area (Å²) in [5, 5.41) is 5.95. The van der Waals surface area contributed by atoms with Crippen molar-refractivity contribution < 1.29 is 19.0 Å². The number of carbonyl (C=O) groups is 1. The first kappa shape index (κ1) is 20.1. The number of anilines is 2. The molecule has 0 heterocycles. The third kappa shape index (κ3) is 6.17. The van der Waals surface area contributed by atoms with E-state index >= 15 is 0 Å². The van der Waals surface area contributed by atoms with Crippen molar-refractivity contribution in [2.45, 2.75) is 0 Å². The third-order valence-electron chi connectivity index (χ3n) is 4.06. The summed E-state index contributed by atoms with van der Waals surface area (Å²) in [5.74, 6) is 1.89. The fourth-order valence-electron chi connectivity index (χ4n) is 2.68. The van der Waals surface area contributed by atoms with E-state index in [0.717, 1.165) is 11.4 Å². The summed E-state index contributed by atoms with van der Waals surface area (Å²) < 4.78 is 16.7. The normalized spacial score (nSPS) is 10.1. The van der Waals surface area contributed by atoms with Crippen LogP contribution in [0.25, 0.3) is 0 Å². The molecule has 150 valence electrons. The van der Waals surface area contributed by atoms with Crippen molar-refractivity contribution in [2.24, 2.45) is 0 Å². The van der Waals surface area contributed by atoms with Gasteiger partial charge in [0.1, 0.15) is 30.5 Å². The molecule has 2 N–H and O–H groups in total. The highest BCUT2D eigenvalue weighted by Crippen LogP contribution is 2.25. The minimum absolute atomic E-state index is 0.0962. The zero-order chi connectivity index (χ0) is 20.3. The number of para-hydroxylation sites is 5. The summed E-state index contributed by atoms with van der Waals surface area (Å²) in [5.41, 5.74) is 1.37. The van der Waals surface area contributed by atoms with Crippen molar-refractivity contribution in [3.05, 3.63) is 78.9 Å². The second kappa shape index (κ2) is 10.6. The highest BCUT2D eigenvalue weighted by atomic mass is 16.5. The molecule has 3 aromatic carbocycles. The van der Waals surface area contributed by atoms with Gasteiger partial charge in [0.2, 0.25) is 5.91 Å². The Bertz CT molecular complexity index is 916. The van der Waals surface area contributed by atoms with Gasteiger partial charge in [-0.3, -0.25) is 4.79 Å². The summed E-state index contributed by atoms with van der Waals surface area (Å²) >= 11 is 0. The summed E-state index contributed by atoms with van der Waals surface area (Å²) in [6.07, 6.45) is 0. The van der Waals surface area contributed by atoms with Gasteiger partial charge >= 0.3 is 0 Å². The molecule has 6 nitrogen and oxygen atoms in total. The van der Waals surface area contributed by atoms with E-state index in [1.807, 2.05) is 66.7 Å². The molecule has 3 rings (SSSR count). The van der Waals surface area contributed by atoms with Gasteiger partial charge in [-0.1, -0.05) is 42.5 Å². The lowest BCUT2D eigenvalue weighted by atomic mass is 10.2. The maximum absolute atomic E-state index is 12.3. The van der Waals surface area contributed by atoms with Gasteiger partial charge in [0.25, 0.3) is 0 Å². The highest BCUT2D eigenvalue weighted by molar-refractivity contribution is 5.95. The fraction of sp³-hybridized carbons (Fsp3) is 0.174. The molecule has 0 saturated heterocycles. The molecule has 0 aliphatic carbocycles. The molecule has 0 spiro atoms. The Hall–Kier alpha value is -3.67. The molecule has 0 aromatic heterocycles. The lowest BCUT2D eigenvalue weighted by Gasteiger charge is -2.14. The summed E-state index contributed by atoms with van der Waals surface area (Å²) in [7, 11) is 1.57. The monoisotopic (exact) mass is 392 g/mol. The van der Waals surface area contributed by atoms with Crippen LogP contribution < -0.4 is 24.8 Å². The number of amides is 1. The Morgan fingerprint density at radius 1 is 0.759 bits per heavy atom.